The number of aryl methyl sites for hydroxylation is 2. The molecule has 104 valence electrons. The average Bonchev–Trinajstić information content (AvgIpc) is 2.48. The van der Waals surface area contributed by atoms with Crippen LogP contribution in [0, 0.1) is 5.82 Å². The van der Waals surface area contributed by atoms with Gasteiger partial charge in [0.25, 0.3) is 0 Å². The first-order valence-corrected chi connectivity index (χ1v) is 6.57. The van der Waals surface area contributed by atoms with Gasteiger partial charge in [-0.1, -0.05) is 36.4 Å². The highest BCUT2D eigenvalue weighted by Gasteiger charge is 2.07. The summed E-state index contributed by atoms with van der Waals surface area (Å²) in [5, 5.41) is 0. The number of carbonyl (C=O) groups is 1. The van der Waals surface area contributed by atoms with Crippen molar-refractivity contribution in [2.24, 2.45) is 0 Å². The maximum atomic E-state index is 12.8. The van der Waals surface area contributed by atoms with Crippen LogP contribution < -0.4 is 0 Å². The largest absolute Gasteiger partial charge is 0.469 e. The molecule has 0 unspecified atom stereocenters. The SMILES string of the molecule is COC(=O)Cc1ccccc1CCc1ccc(F)cc1. The Labute approximate surface area is 118 Å². The summed E-state index contributed by atoms with van der Waals surface area (Å²) < 4.78 is 17.5. The Morgan fingerprint density at radius 3 is 2.30 bits per heavy atom. The van der Waals surface area contributed by atoms with Gasteiger partial charge in [0, 0.05) is 0 Å². The summed E-state index contributed by atoms with van der Waals surface area (Å²) >= 11 is 0. The van der Waals surface area contributed by atoms with Crippen molar-refractivity contribution in [2.75, 3.05) is 7.11 Å². The fourth-order valence-corrected chi connectivity index (χ4v) is 2.13. The van der Waals surface area contributed by atoms with E-state index in [2.05, 4.69) is 0 Å². The number of methoxy groups -OCH3 is 1. The lowest BCUT2D eigenvalue weighted by Crippen LogP contribution is -2.07. The molecule has 2 nitrogen and oxygen atoms in total. The van der Waals surface area contributed by atoms with Gasteiger partial charge in [-0.15, -0.1) is 0 Å². The first-order chi connectivity index (χ1) is 9.69. The van der Waals surface area contributed by atoms with E-state index in [9.17, 15) is 9.18 Å². The van der Waals surface area contributed by atoms with Gasteiger partial charge in [-0.2, -0.15) is 0 Å². The average molecular weight is 272 g/mol. The fourth-order valence-electron chi connectivity index (χ4n) is 2.13. The van der Waals surface area contributed by atoms with Gasteiger partial charge in [-0.3, -0.25) is 4.79 Å². The minimum Gasteiger partial charge on any atom is -0.469 e. The zero-order chi connectivity index (χ0) is 14.4. The van der Waals surface area contributed by atoms with Crippen LogP contribution in [0.15, 0.2) is 48.5 Å². The number of rotatable bonds is 5. The van der Waals surface area contributed by atoms with Crippen LogP contribution in [0.25, 0.3) is 0 Å². The summed E-state index contributed by atoms with van der Waals surface area (Å²) in [4.78, 5) is 11.4. The second-order valence-electron chi connectivity index (χ2n) is 4.65. The molecule has 0 saturated heterocycles. The lowest BCUT2D eigenvalue weighted by molar-refractivity contribution is -0.139. The molecular weight excluding hydrogens is 255 g/mol. The van der Waals surface area contributed by atoms with Crippen LogP contribution >= 0.6 is 0 Å². The lowest BCUT2D eigenvalue weighted by Gasteiger charge is -2.08. The van der Waals surface area contributed by atoms with E-state index in [1.165, 1.54) is 19.2 Å². The molecule has 2 aromatic carbocycles. The molecule has 0 bridgehead atoms. The van der Waals surface area contributed by atoms with Crippen molar-refractivity contribution in [1.29, 1.82) is 0 Å². The summed E-state index contributed by atoms with van der Waals surface area (Å²) in [7, 11) is 1.39. The number of ether oxygens (including phenoxy) is 1. The molecule has 2 rings (SSSR count). The highest BCUT2D eigenvalue weighted by Crippen LogP contribution is 2.14. The van der Waals surface area contributed by atoms with E-state index in [1.54, 1.807) is 12.1 Å². The van der Waals surface area contributed by atoms with Gasteiger partial charge in [0.15, 0.2) is 0 Å². The zero-order valence-corrected chi connectivity index (χ0v) is 11.4. The molecule has 0 fully saturated rings. The maximum Gasteiger partial charge on any atom is 0.309 e. The number of carbonyl (C=O) groups excluding carboxylic acids is 1. The third kappa shape index (κ3) is 3.92. The van der Waals surface area contributed by atoms with Gasteiger partial charge in [0.1, 0.15) is 5.82 Å². The van der Waals surface area contributed by atoms with Crippen LogP contribution in [0.1, 0.15) is 16.7 Å². The Kier molecular flexibility index (Phi) is 4.88. The molecule has 3 heteroatoms. The monoisotopic (exact) mass is 272 g/mol. The smallest absolute Gasteiger partial charge is 0.309 e. The van der Waals surface area contributed by atoms with Gasteiger partial charge < -0.3 is 4.74 Å². The third-order valence-electron chi connectivity index (χ3n) is 3.28. The Balaban J connectivity index is 2.05. The van der Waals surface area contributed by atoms with Crippen LogP contribution in [0.2, 0.25) is 0 Å². The predicted octanol–water partition coefficient (Wildman–Crippen LogP) is 3.33. The van der Waals surface area contributed by atoms with Crippen molar-refractivity contribution in [3.63, 3.8) is 0 Å². The number of hydrogen-bond donors (Lipinski definition) is 0. The Bertz CT molecular complexity index is 576. The Morgan fingerprint density at radius 1 is 1.00 bits per heavy atom. The second-order valence-corrected chi connectivity index (χ2v) is 4.65. The van der Waals surface area contributed by atoms with E-state index in [1.807, 2.05) is 24.3 Å². The van der Waals surface area contributed by atoms with E-state index >= 15 is 0 Å². The summed E-state index contributed by atoms with van der Waals surface area (Å²) in [6.07, 6.45) is 1.92. The quantitative estimate of drug-likeness (QED) is 0.780. The van der Waals surface area contributed by atoms with Gasteiger partial charge >= 0.3 is 5.97 Å². The molecule has 0 heterocycles. The van der Waals surface area contributed by atoms with Crippen LogP contribution in [0.5, 0.6) is 0 Å². The van der Waals surface area contributed by atoms with Crippen molar-refractivity contribution in [3.8, 4) is 0 Å². The number of esters is 1. The topological polar surface area (TPSA) is 26.3 Å². The molecule has 0 saturated carbocycles. The van der Waals surface area contributed by atoms with E-state index in [0.29, 0.717) is 0 Å². The molecule has 0 aliphatic heterocycles. The molecule has 20 heavy (non-hydrogen) atoms. The maximum absolute atomic E-state index is 12.8. The van der Waals surface area contributed by atoms with Crippen molar-refractivity contribution in [1.82, 2.24) is 0 Å². The molecule has 2 aromatic rings. The fraction of sp³-hybridized carbons (Fsp3) is 0.235. The molecule has 0 N–H and O–H groups in total. The highest BCUT2D eigenvalue weighted by molar-refractivity contribution is 5.72. The van der Waals surface area contributed by atoms with Crippen molar-refractivity contribution < 1.29 is 13.9 Å². The Hall–Kier alpha value is -2.16. The first kappa shape index (κ1) is 14.3. The van der Waals surface area contributed by atoms with Crippen LogP contribution in [0.4, 0.5) is 4.39 Å². The first-order valence-electron chi connectivity index (χ1n) is 6.57. The van der Waals surface area contributed by atoms with E-state index < -0.39 is 0 Å². The van der Waals surface area contributed by atoms with E-state index in [-0.39, 0.29) is 18.2 Å². The molecule has 0 aliphatic carbocycles. The highest BCUT2D eigenvalue weighted by atomic mass is 19.1. The van der Waals surface area contributed by atoms with Gasteiger partial charge in [0.05, 0.1) is 13.5 Å². The van der Waals surface area contributed by atoms with Crippen molar-refractivity contribution >= 4 is 5.97 Å². The number of hydrogen-bond acceptors (Lipinski definition) is 2. The molecule has 0 atom stereocenters. The Morgan fingerprint density at radius 2 is 1.65 bits per heavy atom. The molecule has 0 spiro atoms. The third-order valence-corrected chi connectivity index (χ3v) is 3.28. The minimum absolute atomic E-state index is 0.222. The summed E-state index contributed by atoms with van der Waals surface area (Å²) in [5.41, 5.74) is 3.20. The van der Waals surface area contributed by atoms with Crippen LogP contribution in [0.3, 0.4) is 0 Å². The summed E-state index contributed by atoms with van der Waals surface area (Å²) in [6.45, 7) is 0. The predicted molar refractivity (Wildman–Crippen MR) is 76.0 cm³/mol. The molecule has 0 aliphatic rings. The number of benzene rings is 2. The molecular formula is C17H17FO2. The number of halogens is 1. The molecule has 0 radical (unpaired) electrons. The van der Waals surface area contributed by atoms with Crippen LogP contribution in [-0.4, -0.2) is 13.1 Å². The van der Waals surface area contributed by atoms with E-state index in [0.717, 1.165) is 29.5 Å². The van der Waals surface area contributed by atoms with E-state index in [4.69, 9.17) is 4.74 Å². The van der Waals surface area contributed by atoms with Gasteiger partial charge in [0.2, 0.25) is 0 Å². The summed E-state index contributed by atoms with van der Waals surface area (Å²) in [6, 6.07) is 14.3. The van der Waals surface area contributed by atoms with Crippen LogP contribution in [-0.2, 0) is 28.8 Å². The van der Waals surface area contributed by atoms with Crippen molar-refractivity contribution in [2.45, 2.75) is 19.3 Å². The normalized spacial score (nSPS) is 10.3. The lowest BCUT2D eigenvalue weighted by atomic mass is 9.98. The molecule has 0 aromatic heterocycles. The zero-order valence-electron chi connectivity index (χ0n) is 11.4. The van der Waals surface area contributed by atoms with Gasteiger partial charge in [-0.25, -0.2) is 4.39 Å². The minimum atomic E-state index is -0.237. The standard InChI is InChI=1S/C17H17FO2/c1-20-17(19)12-15-5-3-2-4-14(15)9-6-13-7-10-16(18)11-8-13/h2-5,7-8,10-11H,6,9,12H2,1H3. The van der Waals surface area contributed by atoms with Gasteiger partial charge in [-0.05, 0) is 41.7 Å². The summed E-state index contributed by atoms with van der Waals surface area (Å²) in [5.74, 6) is -0.459. The molecule has 0 amide bonds. The van der Waals surface area contributed by atoms with Crippen molar-refractivity contribution in [3.05, 3.63) is 71.0 Å². The second kappa shape index (κ2) is 6.85.